The first-order chi connectivity index (χ1) is 7.15. The first-order valence-electron chi connectivity index (χ1n) is 4.36. The van der Waals surface area contributed by atoms with Gasteiger partial charge in [0.15, 0.2) is 0 Å². The summed E-state index contributed by atoms with van der Waals surface area (Å²) in [4.78, 5) is 0.291. The van der Waals surface area contributed by atoms with E-state index >= 15 is 0 Å². The van der Waals surface area contributed by atoms with Gasteiger partial charge in [-0.1, -0.05) is 23.8 Å². The topological polar surface area (TPSA) is 44.5 Å². The number of benzene rings is 1. The maximum Gasteiger partial charge on any atom is 0.131 e. The average molecular weight is 246 g/mol. The van der Waals surface area contributed by atoms with Crippen molar-refractivity contribution < 1.29 is 9.47 Å². The van der Waals surface area contributed by atoms with Crippen LogP contribution in [0.5, 0.6) is 5.75 Å². The minimum atomic E-state index is 0.291. The second kappa shape index (κ2) is 5.90. The Morgan fingerprint density at radius 3 is 2.80 bits per heavy atom. The van der Waals surface area contributed by atoms with Gasteiger partial charge in [-0.05, 0) is 18.2 Å². The van der Waals surface area contributed by atoms with E-state index in [1.807, 2.05) is 0 Å². The van der Waals surface area contributed by atoms with Crippen LogP contribution in [-0.4, -0.2) is 25.3 Å². The molecule has 82 valence electrons. The van der Waals surface area contributed by atoms with E-state index in [-0.39, 0.29) is 0 Å². The van der Waals surface area contributed by atoms with Crippen LogP contribution in [0.4, 0.5) is 0 Å². The Bertz CT molecular complexity index is 357. The maximum atomic E-state index is 5.84. The monoisotopic (exact) mass is 245 g/mol. The van der Waals surface area contributed by atoms with Crippen molar-refractivity contribution in [3.05, 3.63) is 28.8 Å². The van der Waals surface area contributed by atoms with Crippen LogP contribution in [0, 0.1) is 0 Å². The normalized spacial score (nSPS) is 10.0. The molecular formula is C10H12ClNO2S. The third kappa shape index (κ3) is 3.66. The minimum absolute atomic E-state index is 0.291. The van der Waals surface area contributed by atoms with Crippen molar-refractivity contribution >= 4 is 28.8 Å². The predicted octanol–water partition coefficient (Wildman–Crippen LogP) is 2.00. The van der Waals surface area contributed by atoms with Gasteiger partial charge in [0.1, 0.15) is 17.3 Å². The summed E-state index contributed by atoms with van der Waals surface area (Å²) in [7, 11) is 1.61. The Hall–Kier alpha value is -0.840. The number of halogens is 1. The molecule has 1 aromatic carbocycles. The number of rotatable bonds is 5. The van der Waals surface area contributed by atoms with E-state index in [4.69, 9.17) is 39.0 Å². The van der Waals surface area contributed by atoms with E-state index in [9.17, 15) is 0 Å². The molecule has 0 heterocycles. The van der Waals surface area contributed by atoms with Crippen LogP contribution >= 0.6 is 23.8 Å². The number of hydrogen-bond donors (Lipinski definition) is 1. The highest BCUT2D eigenvalue weighted by molar-refractivity contribution is 7.80. The molecule has 3 nitrogen and oxygen atoms in total. The van der Waals surface area contributed by atoms with E-state index in [0.717, 1.165) is 0 Å². The van der Waals surface area contributed by atoms with Crippen molar-refractivity contribution in [3.8, 4) is 5.75 Å². The molecule has 0 unspecified atom stereocenters. The summed E-state index contributed by atoms with van der Waals surface area (Å²) in [6.07, 6.45) is 0. The summed E-state index contributed by atoms with van der Waals surface area (Å²) >= 11 is 10.7. The van der Waals surface area contributed by atoms with Gasteiger partial charge in [-0.15, -0.1) is 0 Å². The zero-order valence-electron chi connectivity index (χ0n) is 8.33. The predicted molar refractivity (Wildman–Crippen MR) is 64.7 cm³/mol. The second-order valence-corrected chi connectivity index (χ2v) is 3.72. The molecule has 15 heavy (non-hydrogen) atoms. The molecule has 1 rings (SSSR count). The number of hydrogen-bond acceptors (Lipinski definition) is 3. The van der Waals surface area contributed by atoms with E-state index < -0.39 is 0 Å². The van der Waals surface area contributed by atoms with E-state index in [1.165, 1.54) is 0 Å². The smallest absolute Gasteiger partial charge is 0.131 e. The van der Waals surface area contributed by atoms with Crippen molar-refractivity contribution in [1.82, 2.24) is 0 Å². The van der Waals surface area contributed by atoms with Gasteiger partial charge in [-0.3, -0.25) is 0 Å². The molecule has 0 aliphatic heterocycles. The van der Waals surface area contributed by atoms with Crippen LogP contribution in [0.2, 0.25) is 5.02 Å². The summed E-state index contributed by atoms with van der Waals surface area (Å²) in [5, 5.41) is 0.586. The fraction of sp³-hybridized carbons (Fsp3) is 0.300. The van der Waals surface area contributed by atoms with Gasteiger partial charge >= 0.3 is 0 Å². The van der Waals surface area contributed by atoms with Gasteiger partial charge < -0.3 is 15.2 Å². The van der Waals surface area contributed by atoms with Crippen LogP contribution < -0.4 is 10.5 Å². The van der Waals surface area contributed by atoms with Crippen LogP contribution in [0.1, 0.15) is 5.56 Å². The Kier molecular flexibility index (Phi) is 4.81. The molecule has 2 N–H and O–H groups in total. The summed E-state index contributed by atoms with van der Waals surface area (Å²) in [5.41, 5.74) is 6.23. The molecule has 0 radical (unpaired) electrons. The lowest BCUT2D eigenvalue weighted by molar-refractivity contribution is 0.146. The summed E-state index contributed by atoms with van der Waals surface area (Å²) in [6.45, 7) is 0.940. The van der Waals surface area contributed by atoms with Gasteiger partial charge in [-0.2, -0.15) is 0 Å². The lowest BCUT2D eigenvalue weighted by Crippen LogP contribution is -2.13. The molecule has 1 aromatic rings. The first-order valence-corrected chi connectivity index (χ1v) is 5.15. The number of methoxy groups -OCH3 is 1. The molecule has 0 saturated heterocycles. The second-order valence-electron chi connectivity index (χ2n) is 2.85. The fourth-order valence-corrected chi connectivity index (χ4v) is 1.38. The molecule has 5 heteroatoms. The van der Waals surface area contributed by atoms with Crippen LogP contribution in [0.3, 0.4) is 0 Å². The average Bonchev–Trinajstić information content (AvgIpc) is 2.18. The number of ether oxygens (including phenoxy) is 2. The molecular weight excluding hydrogens is 234 g/mol. The Balaban J connectivity index is 2.82. The highest BCUT2D eigenvalue weighted by Crippen LogP contribution is 2.23. The van der Waals surface area contributed by atoms with Crippen molar-refractivity contribution in [2.24, 2.45) is 5.73 Å². The maximum absolute atomic E-state index is 5.84. The third-order valence-corrected chi connectivity index (χ3v) is 2.21. The van der Waals surface area contributed by atoms with Crippen molar-refractivity contribution in [2.75, 3.05) is 20.3 Å². The van der Waals surface area contributed by atoms with E-state index in [0.29, 0.717) is 34.5 Å². The molecule has 0 aliphatic rings. The zero-order valence-corrected chi connectivity index (χ0v) is 9.90. The van der Waals surface area contributed by atoms with Crippen molar-refractivity contribution in [1.29, 1.82) is 0 Å². The standard InChI is InChI=1S/C10H12ClNO2S/c1-13-4-5-14-9-6-7(11)2-3-8(9)10(12)15/h2-3,6H,4-5H2,1H3,(H2,12,15). The SMILES string of the molecule is COCCOc1cc(Cl)ccc1C(N)=S. The lowest BCUT2D eigenvalue weighted by Gasteiger charge is -2.10. The summed E-state index contributed by atoms with van der Waals surface area (Å²) in [5.74, 6) is 0.590. The van der Waals surface area contributed by atoms with E-state index in [1.54, 1.807) is 25.3 Å². The molecule has 0 amide bonds. The van der Waals surface area contributed by atoms with Gasteiger partial charge in [0, 0.05) is 12.1 Å². The van der Waals surface area contributed by atoms with Gasteiger partial charge in [0.2, 0.25) is 0 Å². The molecule has 0 aromatic heterocycles. The summed E-state index contributed by atoms with van der Waals surface area (Å²) < 4.78 is 10.3. The zero-order chi connectivity index (χ0) is 11.3. The fourth-order valence-electron chi connectivity index (χ4n) is 1.05. The Morgan fingerprint density at radius 2 is 2.20 bits per heavy atom. The van der Waals surface area contributed by atoms with Crippen molar-refractivity contribution in [3.63, 3.8) is 0 Å². The Labute approximate surface area is 99.1 Å². The lowest BCUT2D eigenvalue weighted by atomic mass is 10.2. The molecule has 0 spiro atoms. The number of nitrogens with two attached hydrogens (primary N) is 1. The van der Waals surface area contributed by atoms with Gasteiger partial charge in [0.05, 0.1) is 12.2 Å². The molecule has 0 aliphatic carbocycles. The molecule has 0 fully saturated rings. The van der Waals surface area contributed by atoms with Gasteiger partial charge in [0.25, 0.3) is 0 Å². The molecule has 0 saturated carbocycles. The van der Waals surface area contributed by atoms with Crippen LogP contribution in [0.25, 0.3) is 0 Å². The van der Waals surface area contributed by atoms with Gasteiger partial charge in [-0.25, -0.2) is 0 Å². The molecule has 0 bridgehead atoms. The highest BCUT2D eigenvalue weighted by Gasteiger charge is 2.06. The van der Waals surface area contributed by atoms with Crippen molar-refractivity contribution in [2.45, 2.75) is 0 Å². The van der Waals surface area contributed by atoms with Crippen LogP contribution in [0.15, 0.2) is 18.2 Å². The quantitative estimate of drug-likeness (QED) is 0.637. The largest absolute Gasteiger partial charge is 0.490 e. The number of thiocarbonyl (C=S) groups is 1. The minimum Gasteiger partial charge on any atom is -0.490 e. The molecule has 0 atom stereocenters. The van der Waals surface area contributed by atoms with E-state index in [2.05, 4.69) is 0 Å². The Morgan fingerprint density at radius 1 is 1.47 bits per heavy atom. The third-order valence-electron chi connectivity index (χ3n) is 1.75. The summed E-state index contributed by atoms with van der Waals surface area (Å²) in [6, 6.07) is 5.15. The van der Waals surface area contributed by atoms with Crippen LogP contribution in [-0.2, 0) is 4.74 Å². The highest BCUT2D eigenvalue weighted by atomic mass is 35.5. The first kappa shape index (κ1) is 12.2.